The first-order chi connectivity index (χ1) is 9.52. The van der Waals surface area contributed by atoms with E-state index in [0.717, 1.165) is 12.5 Å². The number of ether oxygens (including phenoxy) is 2. The lowest BCUT2D eigenvalue weighted by Crippen LogP contribution is -2.41. The quantitative estimate of drug-likeness (QED) is 0.580. The van der Waals surface area contributed by atoms with Gasteiger partial charge in [-0.05, 0) is 18.4 Å². The molecule has 0 aromatic heterocycles. The minimum absolute atomic E-state index is 0.0274. The lowest BCUT2D eigenvalue weighted by atomic mass is 9.80. The Labute approximate surface area is 116 Å². The van der Waals surface area contributed by atoms with Crippen molar-refractivity contribution in [2.24, 2.45) is 23.7 Å². The largest absolute Gasteiger partial charge is 0.458 e. The summed E-state index contributed by atoms with van der Waals surface area (Å²) in [5, 5.41) is 2.37. The molecule has 1 heterocycles. The van der Waals surface area contributed by atoms with Crippen LogP contribution in [0.15, 0.2) is 12.7 Å². The molecule has 0 aromatic rings. The Morgan fingerprint density at radius 2 is 2.25 bits per heavy atom. The van der Waals surface area contributed by atoms with Crippen molar-refractivity contribution >= 4 is 17.8 Å². The lowest BCUT2D eigenvalue weighted by molar-refractivity contribution is -0.161. The maximum absolute atomic E-state index is 11.8. The van der Waals surface area contributed by atoms with Crippen LogP contribution in [-0.2, 0) is 23.9 Å². The second-order valence-electron chi connectivity index (χ2n) is 5.73. The van der Waals surface area contributed by atoms with Crippen LogP contribution >= 0.6 is 0 Å². The summed E-state index contributed by atoms with van der Waals surface area (Å²) in [5.74, 6) is -0.565. The fourth-order valence-corrected chi connectivity index (χ4v) is 3.93. The first kappa shape index (κ1) is 13.1. The van der Waals surface area contributed by atoms with Crippen molar-refractivity contribution in [2.75, 3.05) is 6.54 Å². The summed E-state index contributed by atoms with van der Waals surface area (Å²) in [5.41, 5.74) is 0. The van der Waals surface area contributed by atoms with Crippen LogP contribution in [0.3, 0.4) is 0 Å². The SMILES string of the molecule is C=CC(=O)NCC(=O)OC1C2CC3C1OC(=O)C3C2C. The Bertz CT molecular complexity index is 488. The third kappa shape index (κ3) is 1.82. The Morgan fingerprint density at radius 1 is 1.50 bits per heavy atom. The minimum atomic E-state index is -0.510. The molecular weight excluding hydrogens is 262 g/mol. The lowest BCUT2D eigenvalue weighted by Gasteiger charge is -2.29. The van der Waals surface area contributed by atoms with E-state index in [4.69, 9.17) is 9.47 Å². The average molecular weight is 279 g/mol. The van der Waals surface area contributed by atoms with Crippen molar-refractivity contribution in [2.45, 2.75) is 25.6 Å². The summed E-state index contributed by atoms with van der Waals surface area (Å²) >= 11 is 0. The smallest absolute Gasteiger partial charge is 0.325 e. The molecule has 1 saturated heterocycles. The number of nitrogens with one attached hydrogen (secondary N) is 1. The van der Waals surface area contributed by atoms with Gasteiger partial charge >= 0.3 is 11.9 Å². The highest BCUT2D eigenvalue weighted by molar-refractivity contribution is 5.89. The number of hydrogen-bond acceptors (Lipinski definition) is 5. The number of amides is 1. The highest BCUT2D eigenvalue weighted by Gasteiger charge is 2.66. The predicted octanol–water partition coefficient (Wildman–Crippen LogP) is 0.0278. The van der Waals surface area contributed by atoms with E-state index < -0.39 is 11.9 Å². The van der Waals surface area contributed by atoms with E-state index in [0.29, 0.717) is 0 Å². The fourth-order valence-electron chi connectivity index (χ4n) is 3.93. The normalized spacial score (nSPS) is 40.4. The number of fused-ring (bicyclic) bond motifs is 1. The zero-order valence-corrected chi connectivity index (χ0v) is 11.2. The number of rotatable bonds is 4. The van der Waals surface area contributed by atoms with Crippen molar-refractivity contribution in [1.82, 2.24) is 5.32 Å². The molecule has 0 radical (unpaired) electrons. The minimum Gasteiger partial charge on any atom is -0.458 e. The van der Waals surface area contributed by atoms with Crippen LogP contribution in [0.5, 0.6) is 0 Å². The molecule has 6 unspecified atom stereocenters. The van der Waals surface area contributed by atoms with Gasteiger partial charge in [0.25, 0.3) is 0 Å². The monoisotopic (exact) mass is 279 g/mol. The molecular formula is C14H17NO5. The standard InChI is InChI=1S/C14H17NO5/c1-3-9(16)15-5-10(17)19-12-7-4-8-11(6(7)2)14(18)20-13(8)12/h3,6-8,11-13H,1,4-5H2,2H3,(H,15,16). The summed E-state index contributed by atoms with van der Waals surface area (Å²) in [6.07, 6.45) is 1.30. The number of hydrogen-bond donors (Lipinski definition) is 1. The summed E-state index contributed by atoms with van der Waals surface area (Å²) < 4.78 is 10.8. The van der Waals surface area contributed by atoms with E-state index in [1.807, 2.05) is 6.92 Å². The molecule has 20 heavy (non-hydrogen) atoms. The fraction of sp³-hybridized carbons (Fsp3) is 0.643. The molecule has 6 atom stereocenters. The van der Waals surface area contributed by atoms with Gasteiger partial charge in [-0.1, -0.05) is 13.5 Å². The average Bonchev–Trinajstić information content (AvgIpc) is 3.00. The maximum atomic E-state index is 11.8. The van der Waals surface area contributed by atoms with E-state index in [9.17, 15) is 14.4 Å². The third-order valence-corrected chi connectivity index (χ3v) is 4.80. The molecule has 6 nitrogen and oxygen atoms in total. The van der Waals surface area contributed by atoms with Gasteiger partial charge in [0.15, 0.2) is 0 Å². The molecule has 6 heteroatoms. The van der Waals surface area contributed by atoms with Crippen molar-refractivity contribution in [3.05, 3.63) is 12.7 Å². The summed E-state index contributed by atoms with van der Waals surface area (Å²) in [6, 6.07) is 0. The summed E-state index contributed by atoms with van der Waals surface area (Å²) in [7, 11) is 0. The molecule has 1 aliphatic heterocycles. The van der Waals surface area contributed by atoms with Crippen molar-refractivity contribution in [3.63, 3.8) is 0 Å². The molecule has 1 amide bonds. The Balaban J connectivity index is 1.62. The Morgan fingerprint density at radius 3 is 2.95 bits per heavy atom. The van der Waals surface area contributed by atoms with E-state index >= 15 is 0 Å². The topological polar surface area (TPSA) is 81.7 Å². The molecule has 2 saturated carbocycles. The van der Waals surface area contributed by atoms with Gasteiger partial charge in [0, 0.05) is 11.8 Å². The number of carbonyl (C=O) groups excluding carboxylic acids is 3. The van der Waals surface area contributed by atoms with Crippen LogP contribution in [0, 0.1) is 23.7 Å². The van der Waals surface area contributed by atoms with Crippen LogP contribution in [0.4, 0.5) is 0 Å². The van der Waals surface area contributed by atoms with Crippen LogP contribution in [0.2, 0.25) is 0 Å². The second kappa shape index (κ2) is 4.61. The van der Waals surface area contributed by atoms with Crippen LogP contribution in [0.25, 0.3) is 0 Å². The van der Waals surface area contributed by atoms with Crippen LogP contribution < -0.4 is 5.32 Å². The second-order valence-corrected chi connectivity index (χ2v) is 5.73. The summed E-state index contributed by atoms with van der Waals surface area (Å²) in [4.78, 5) is 34.5. The summed E-state index contributed by atoms with van der Waals surface area (Å²) in [6.45, 7) is 5.12. The van der Waals surface area contributed by atoms with E-state index in [1.54, 1.807) is 0 Å². The van der Waals surface area contributed by atoms with Gasteiger partial charge in [-0.25, -0.2) is 0 Å². The van der Waals surface area contributed by atoms with Gasteiger partial charge < -0.3 is 14.8 Å². The number of carbonyl (C=O) groups is 3. The molecule has 3 fully saturated rings. The molecule has 0 spiro atoms. The van der Waals surface area contributed by atoms with Gasteiger partial charge in [0.05, 0.1) is 5.92 Å². The van der Waals surface area contributed by atoms with Gasteiger partial charge in [-0.2, -0.15) is 0 Å². The Kier molecular flexibility index (Phi) is 3.03. The maximum Gasteiger partial charge on any atom is 0.325 e. The Hall–Kier alpha value is -1.85. The molecule has 2 bridgehead atoms. The van der Waals surface area contributed by atoms with E-state index in [2.05, 4.69) is 11.9 Å². The molecule has 1 N–H and O–H groups in total. The van der Waals surface area contributed by atoms with Gasteiger partial charge in [0.1, 0.15) is 18.8 Å². The molecule has 108 valence electrons. The van der Waals surface area contributed by atoms with E-state index in [1.165, 1.54) is 0 Å². The highest BCUT2D eigenvalue weighted by atomic mass is 16.6. The van der Waals surface area contributed by atoms with Crippen molar-refractivity contribution < 1.29 is 23.9 Å². The van der Waals surface area contributed by atoms with Crippen molar-refractivity contribution in [1.29, 1.82) is 0 Å². The van der Waals surface area contributed by atoms with Gasteiger partial charge in [-0.3, -0.25) is 14.4 Å². The zero-order chi connectivity index (χ0) is 14.4. The first-order valence-electron chi connectivity index (χ1n) is 6.83. The molecule has 0 aromatic carbocycles. The van der Waals surface area contributed by atoms with Crippen LogP contribution in [-0.4, -0.2) is 36.6 Å². The van der Waals surface area contributed by atoms with Crippen molar-refractivity contribution in [3.8, 4) is 0 Å². The van der Waals surface area contributed by atoms with Gasteiger partial charge in [-0.15, -0.1) is 0 Å². The molecule has 2 aliphatic carbocycles. The first-order valence-corrected chi connectivity index (χ1v) is 6.83. The number of esters is 2. The predicted molar refractivity (Wildman–Crippen MR) is 67.2 cm³/mol. The zero-order valence-electron chi connectivity index (χ0n) is 11.2. The van der Waals surface area contributed by atoms with Gasteiger partial charge in [0.2, 0.25) is 5.91 Å². The highest BCUT2D eigenvalue weighted by Crippen LogP contribution is 2.58. The molecule has 3 aliphatic rings. The van der Waals surface area contributed by atoms with E-state index in [-0.39, 0.29) is 48.4 Å². The molecule has 3 rings (SSSR count). The third-order valence-electron chi connectivity index (χ3n) is 4.80. The van der Waals surface area contributed by atoms with Crippen LogP contribution in [0.1, 0.15) is 13.3 Å².